The van der Waals surface area contributed by atoms with Crippen LogP contribution in [0.2, 0.25) is 0 Å². The maximum atomic E-state index is 5.93. The summed E-state index contributed by atoms with van der Waals surface area (Å²) in [5.74, 6) is 2.36. The number of nitrogens with two attached hydrogens (primary N) is 1. The minimum atomic E-state index is -0.392. The summed E-state index contributed by atoms with van der Waals surface area (Å²) >= 11 is 1.95. The normalized spacial score (nSPS) is 12.0. The van der Waals surface area contributed by atoms with Gasteiger partial charge in [0.15, 0.2) is 0 Å². The van der Waals surface area contributed by atoms with Crippen LogP contribution in [0.15, 0.2) is 6.20 Å². The van der Waals surface area contributed by atoms with Crippen LogP contribution < -0.4 is 5.73 Å². The van der Waals surface area contributed by atoms with Crippen LogP contribution in [0.1, 0.15) is 32.9 Å². The average Bonchev–Trinajstić information content (AvgIpc) is 2.60. The fraction of sp³-hybridized carbons (Fsp3) is 0.800. The molecule has 0 aliphatic carbocycles. The molecular weight excluding hydrogens is 208 g/mol. The van der Waals surface area contributed by atoms with Crippen molar-refractivity contribution < 1.29 is 0 Å². The van der Waals surface area contributed by atoms with Crippen LogP contribution in [0.4, 0.5) is 0 Å². The summed E-state index contributed by atoms with van der Waals surface area (Å²) in [5, 5.41) is 8.13. The molecule has 0 aliphatic heterocycles. The minimum absolute atomic E-state index is 0.392. The Morgan fingerprint density at radius 1 is 1.53 bits per heavy atom. The lowest BCUT2D eigenvalue weighted by Gasteiger charge is -2.13. The lowest BCUT2D eigenvalue weighted by Crippen LogP contribution is -2.29. The molecule has 0 aliphatic rings. The first kappa shape index (κ1) is 12.5. The molecule has 0 atom stereocenters. The van der Waals surface area contributed by atoms with Crippen molar-refractivity contribution in [2.24, 2.45) is 5.73 Å². The van der Waals surface area contributed by atoms with Crippen molar-refractivity contribution in [3.8, 4) is 0 Å². The van der Waals surface area contributed by atoms with Gasteiger partial charge in [0, 0.05) is 6.54 Å². The van der Waals surface area contributed by atoms with Crippen molar-refractivity contribution in [2.45, 2.75) is 39.3 Å². The number of aromatic nitrogens is 3. The van der Waals surface area contributed by atoms with Gasteiger partial charge in [-0.25, -0.2) is 0 Å². The average molecular weight is 228 g/mol. The van der Waals surface area contributed by atoms with Crippen LogP contribution in [0, 0.1) is 0 Å². The van der Waals surface area contributed by atoms with E-state index >= 15 is 0 Å². The topological polar surface area (TPSA) is 56.7 Å². The first-order valence-corrected chi connectivity index (χ1v) is 6.46. The number of hydrogen-bond acceptors (Lipinski definition) is 4. The van der Waals surface area contributed by atoms with Crippen molar-refractivity contribution in [1.82, 2.24) is 15.0 Å². The summed E-state index contributed by atoms with van der Waals surface area (Å²) in [6.45, 7) is 6.98. The van der Waals surface area contributed by atoms with E-state index in [9.17, 15) is 0 Å². The Hall–Kier alpha value is -0.550. The Bertz CT molecular complexity index is 290. The Morgan fingerprint density at radius 2 is 2.27 bits per heavy atom. The Kier molecular flexibility index (Phi) is 4.60. The zero-order valence-corrected chi connectivity index (χ0v) is 10.5. The van der Waals surface area contributed by atoms with E-state index in [0.29, 0.717) is 0 Å². The summed E-state index contributed by atoms with van der Waals surface area (Å²) in [6, 6.07) is 0. The second kappa shape index (κ2) is 5.51. The van der Waals surface area contributed by atoms with Gasteiger partial charge in [-0.05, 0) is 31.8 Å². The number of rotatable bonds is 6. The highest BCUT2D eigenvalue weighted by molar-refractivity contribution is 7.99. The van der Waals surface area contributed by atoms with Crippen LogP contribution in [0.25, 0.3) is 0 Å². The van der Waals surface area contributed by atoms with Gasteiger partial charge in [0.1, 0.15) is 5.69 Å². The van der Waals surface area contributed by atoms with Crippen LogP contribution in [0.5, 0.6) is 0 Å². The molecule has 1 aromatic heterocycles. The summed E-state index contributed by atoms with van der Waals surface area (Å²) in [7, 11) is 0. The summed E-state index contributed by atoms with van der Waals surface area (Å²) in [6.07, 6.45) is 3.07. The molecule has 2 N–H and O–H groups in total. The van der Waals surface area contributed by atoms with Crippen molar-refractivity contribution >= 4 is 11.8 Å². The van der Waals surface area contributed by atoms with Gasteiger partial charge in [0.25, 0.3) is 0 Å². The van der Waals surface area contributed by atoms with E-state index in [0.717, 1.165) is 18.7 Å². The first-order valence-electron chi connectivity index (χ1n) is 5.31. The molecule has 0 fully saturated rings. The summed E-state index contributed by atoms with van der Waals surface area (Å²) < 4.78 is 1.88. The quantitative estimate of drug-likeness (QED) is 0.752. The van der Waals surface area contributed by atoms with Crippen molar-refractivity contribution in [1.29, 1.82) is 0 Å². The molecular formula is C10H20N4S. The molecule has 4 nitrogen and oxygen atoms in total. The molecule has 5 heteroatoms. The van der Waals surface area contributed by atoms with Gasteiger partial charge in [-0.1, -0.05) is 12.1 Å². The zero-order chi connectivity index (χ0) is 11.3. The maximum Gasteiger partial charge on any atom is 0.102 e. The van der Waals surface area contributed by atoms with Gasteiger partial charge in [-0.3, -0.25) is 4.68 Å². The van der Waals surface area contributed by atoms with E-state index in [2.05, 4.69) is 17.2 Å². The molecule has 0 saturated carbocycles. The van der Waals surface area contributed by atoms with Crippen LogP contribution in [-0.4, -0.2) is 26.5 Å². The fourth-order valence-electron chi connectivity index (χ4n) is 1.18. The SMILES string of the molecule is CCSCCCn1cc(C(C)(C)N)nn1. The van der Waals surface area contributed by atoms with E-state index in [-0.39, 0.29) is 0 Å². The van der Waals surface area contributed by atoms with Crippen LogP contribution >= 0.6 is 11.8 Å². The fourth-order valence-corrected chi connectivity index (χ4v) is 1.80. The lowest BCUT2D eigenvalue weighted by molar-refractivity contribution is 0.533. The number of aryl methyl sites for hydroxylation is 1. The number of hydrogen-bond donors (Lipinski definition) is 1. The Morgan fingerprint density at radius 3 is 2.80 bits per heavy atom. The first-order chi connectivity index (χ1) is 7.04. The van der Waals surface area contributed by atoms with E-state index in [1.165, 1.54) is 11.5 Å². The van der Waals surface area contributed by atoms with E-state index in [4.69, 9.17) is 5.73 Å². The van der Waals surface area contributed by atoms with Gasteiger partial charge in [-0.15, -0.1) is 5.10 Å². The predicted molar refractivity (Wildman–Crippen MR) is 64.9 cm³/mol. The third kappa shape index (κ3) is 4.22. The molecule has 1 rings (SSSR count). The molecule has 0 aromatic carbocycles. The zero-order valence-electron chi connectivity index (χ0n) is 9.73. The van der Waals surface area contributed by atoms with E-state index < -0.39 is 5.54 Å². The van der Waals surface area contributed by atoms with Crippen molar-refractivity contribution in [2.75, 3.05) is 11.5 Å². The van der Waals surface area contributed by atoms with E-state index in [1.807, 2.05) is 36.5 Å². The predicted octanol–water partition coefficient (Wildman–Crippen LogP) is 1.62. The lowest BCUT2D eigenvalue weighted by atomic mass is 10.0. The largest absolute Gasteiger partial charge is 0.320 e. The third-order valence-electron chi connectivity index (χ3n) is 2.08. The molecule has 1 heterocycles. The standard InChI is InChI=1S/C10H20N4S/c1-4-15-7-5-6-14-8-9(12-13-14)10(2,3)11/h8H,4-7,11H2,1-3H3. The van der Waals surface area contributed by atoms with E-state index in [1.54, 1.807) is 0 Å². The molecule has 0 amide bonds. The minimum Gasteiger partial charge on any atom is -0.320 e. The second-order valence-electron chi connectivity index (χ2n) is 4.14. The molecule has 0 bridgehead atoms. The highest BCUT2D eigenvalue weighted by Gasteiger charge is 2.17. The highest BCUT2D eigenvalue weighted by Crippen LogP contribution is 2.12. The molecule has 86 valence electrons. The van der Waals surface area contributed by atoms with Crippen LogP contribution in [0.3, 0.4) is 0 Å². The van der Waals surface area contributed by atoms with Gasteiger partial charge < -0.3 is 5.73 Å². The molecule has 1 aromatic rings. The molecule has 0 radical (unpaired) electrons. The van der Waals surface area contributed by atoms with Gasteiger partial charge in [0.2, 0.25) is 0 Å². The summed E-state index contributed by atoms with van der Waals surface area (Å²) in [5.41, 5.74) is 6.39. The number of thioether (sulfide) groups is 1. The molecule has 0 saturated heterocycles. The van der Waals surface area contributed by atoms with Crippen molar-refractivity contribution in [3.63, 3.8) is 0 Å². The third-order valence-corrected chi connectivity index (χ3v) is 3.06. The maximum absolute atomic E-state index is 5.93. The smallest absolute Gasteiger partial charge is 0.102 e. The van der Waals surface area contributed by atoms with Gasteiger partial charge in [0.05, 0.1) is 11.7 Å². The molecule has 15 heavy (non-hydrogen) atoms. The Balaban J connectivity index is 2.40. The van der Waals surface area contributed by atoms with Gasteiger partial charge in [-0.2, -0.15) is 11.8 Å². The van der Waals surface area contributed by atoms with Crippen LogP contribution in [-0.2, 0) is 12.1 Å². The second-order valence-corrected chi connectivity index (χ2v) is 5.53. The molecule has 0 spiro atoms. The monoisotopic (exact) mass is 228 g/mol. The van der Waals surface area contributed by atoms with Crippen molar-refractivity contribution in [3.05, 3.63) is 11.9 Å². The van der Waals surface area contributed by atoms with Gasteiger partial charge >= 0.3 is 0 Å². The summed E-state index contributed by atoms with van der Waals surface area (Å²) in [4.78, 5) is 0. The Labute approximate surface area is 95.6 Å². The highest BCUT2D eigenvalue weighted by atomic mass is 32.2. The molecule has 0 unspecified atom stereocenters. The number of nitrogens with zero attached hydrogens (tertiary/aromatic N) is 3.